The summed E-state index contributed by atoms with van der Waals surface area (Å²) in [6.07, 6.45) is 1.66. The van der Waals surface area contributed by atoms with Crippen LogP contribution in [-0.4, -0.2) is 15.3 Å². The molecule has 3 rings (SSSR count). The Morgan fingerprint density at radius 3 is 2.81 bits per heavy atom. The summed E-state index contributed by atoms with van der Waals surface area (Å²) < 4.78 is 2.44. The van der Waals surface area contributed by atoms with Gasteiger partial charge in [-0.25, -0.2) is 4.98 Å². The molecule has 2 aromatic heterocycles. The number of thiol groups is 1. The van der Waals surface area contributed by atoms with Crippen LogP contribution in [0.2, 0.25) is 0 Å². The van der Waals surface area contributed by atoms with Crippen LogP contribution in [-0.2, 0) is 6.54 Å². The first-order chi connectivity index (χ1) is 10.2. The SMILES string of the molecule is Cc1csc2c(=O)n(CC(CS)c3ccccc3)cnc12. The van der Waals surface area contributed by atoms with Crippen molar-refractivity contribution < 1.29 is 0 Å². The molecule has 0 aliphatic heterocycles. The minimum Gasteiger partial charge on any atom is -0.297 e. The van der Waals surface area contributed by atoms with E-state index in [2.05, 4.69) is 29.7 Å². The normalized spacial score (nSPS) is 12.7. The molecule has 1 unspecified atom stereocenters. The third-order valence-electron chi connectivity index (χ3n) is 3.63. The van der Waals surface area contributed by atoms with E-state index in [1.165, 1.54) is 16.9 Å². The number of hydrogen-bond donors (Lipinski definition) is 1. The standard InChI is InChI=1S/C16H16N2OS2/c1-11-9-21-15-14(11)17-10-18(16(15)19)7-13(8-20)12-5-3-2-4-6-12/h2-6,9-10,13,20H,7-8H2,1H3. The molecule has 1 atom stereocenters. The zero-order valence-electron chi connectivity index (χ0n) is 11.7. The van der Waals surface area contributed by atoms with Crippen molar-refractivity contribution in [1.29, 1.82) is 0 Å². The zero-order chi connectivity index (χ0) is 14.8. The highest BCUT2D eigenvalue weighted by Crippen LogP contribution is 2.21. The highest BCUT2D eigenvalue weighted by Gasteiger charge is 2.14. The van der Waals surface area contributed by atoms with Crippen molar-refractivity contribution in [3.63, 3.8) is 0 Å². The van der Waals surface area contributed by atoms with Crippen LogP contribution in [0.4, 0.5) is 0 Å². The van der Waals surface area contributed by atoms with Crippen LogP contribution in [0.1, 0.15) is 17.0 Å². The number of nitrogens with zero attached hydrogens (tertiary/aromatic N) is 2. The van der Waals surface area contributed by atoms with Crippen LogP contribution >= 0.6 is 24.0 Å². The maximum Gasteiger partial charge on any atom is 0.271 e. The fraction of sp³-hybridized carbons (Fsp3) is 0.250. The predicted octanol–water partition coefficient (Wildman–Crippen LogP) is 3.48. The molecule has 0 saturated heterocycles. The summed E-state index contributed by atoms with van der Waals surface area (Å²) in [5.41, 5.74) is 3.12. The summed E-state index contributed by atoms with van der Waals surface area (Å²) >= 11 is 5.91. The summed E-state index contributed by atoms with van der Waals surface area (Å²) in [4.78, 5) is 17.0. The summed E-state index contributed by atoms with van der Waals surface area (Å²) in [5.74, 6) is 0.894. The summed E-state index contributed by atoms with van der Waals surface area (Å²) in [6.45, 7) is 2.59. The lowest BCUT2D eigenvalue weighted by molar-refractivity contribution is 0.584. The monoisotopic (exact) mass is 316 g/mol. The van der Waals surface area contributed by atoms with Gasteiger partial charge in [-0.05, 0) is 29.2 Å². The third-order valence-corrected chi connectivity index (χ3v) is 5.15. The van der Waals surface area contributed by atoms with E-state index in [0.29, 0.717) is 12.3 Å². The Kier molecular flexibility index (Phi) is 4.12. The predicted molar refractivity (Wildman–Crippen MR) is 91.7 cm³/mol. The second kappa shape index (κ2) is 6.03. The van der Waals surface area contributed by atoms with Crippen molar-refractivity contribution in [2.75, 3.05) is 5.75 Å². The molecule has 0 aliphatic rings. The van der Waals surface area contributed by atoms with Crippen LogP contribution in [0.3, 0.4) is 0 Å². The summed E-state index contributed by atoms with van der Waals surface area (Å²) in [6, 6.07) is 10.2. The van der Waals surface area contributed by atoms with E-state index in [1.54, 1.807) is 10.9 Å². The molecule has 0 saturated carbocycles. The number of rotatable bonds is 4. The topological polar surface area (TPSA) is 34.9 Å². The largest absolute Gasteiger partial charge is 0.297 e. The number of aryl methyl sites for hydroxylation is 1. The van der Waals surface area contributed by atoms with E-state index < -0.39 is 0 Å². The second-order valence-electron chi connectivity index (χ2n) is 5.09. The van der Waals surface area contributed by atoms with Gasteiger partial charge in [0.15, 0.2) is 0 Å². The van der Waals surface area contributed by atoms with Gasteiger partial charge in [0.05, 0.1) is 11.8 Å². The van der Waals surface area contributed by atoms with Gasteiger partial charge < -0.3 is 0 Å². The molecule has 0 amide bonds. The molecule has 1 aromatic carbocycles. The third kappa shape index (κ3) is 2.76. The molecule has 0 radical (unpaired) electrons. The minimum absolute atomic E-state index is 0.0424. The highest BCUT2D eigenvalue weighted by atomic mass is 32.1. The summed E-state index contributed by atoms with van der Waals surface area (Å²) in [5, 5.41) is 1.98. The van der Waals surface area contributed by atoms with Gasteiger partial charge >= 0.3 is 0 Å². The van der Waals surface area contributed by atoms with Gasteiger partial charge in [-0.15, -0.1) is 11.3 Å². The lowest BCUT2D eigenvalue weighted by atomic mass is 10.0. The lowest BCUT2D eigenvalue weighted by Gasteiger charge is -2.16. The molecule has 0 bridgehead atoms. The molecular formula is C16H16N2OS2. The van der Waals surface area contributed by atoms with E-state index >= 15 is 0 Å². The van der Waals surface area contributed by atoms with Gasteiger partial charge in [-0.3, -0.25) is 9.36 Å². The number of fused-ring (bicyclic) bond motifs is 1. The lowest BCUT2D eigenvalue weighted by Crippen LogP contribution is -2.23. The van der Waals surface area contributed by atoms with Crippen molar-refractivity contribution in [3.8, 4) is 0 Å². The van der Waals surface area contributed by atoms with Gasteiger partial charge in [-0.2, -0.15) is 12.6 Å². The molecule has 21 heavy (non-hydrogen) atoms. The maximum absolute atomic E-state index is 12.5. The Morgan fingerprint density at radius 1 is 1.33 bits per heavy atom. The number of thiophene rings is 1. The van der Waals surface area contributed by atoms with Crippen LogP contribution in [0.25, 0.3) is 10.2 Å². The smallest absolute Gasteiger partial charge is 0.271 e. The maximum atomic E-state index is 12.5. The quantitative estimate of drug-likeness (QED) is 0.748. The van der Waals surface area contributed by atoms with Crippen LogP contribution in [0.5, 0.6) is 0 Å². The van der Waals surface area contributed by atoms with E-state index in [-0.39, 0.29) is 11.5 Å². The fourth-order valence-electron chi connectivity index (χ4n) is 2.42. The number of aromatic nitrogens is 2. The minimum atomic E-state index is 0.0424. The molecule has 108 valence electrons. The average Bonchev–Trinajstić information content (AvgIpc) is 2.90. The molecule has 0 fully saturated rings. The van der Waals surface area contributed by atoms with Crippen molar-refractivity contribution in [2.24, 2.45) is 0 Å². The van der Waals surface area contributed by atoms with Crippen molar-refractivity contribution in [1.82, 2.24) is 9.55 Å². The Balaban J connectivity index is 1.97. The number of benzene rings is 1. The van der Waals surface area contributed by atoms with E-state index in [9.17, 15) is 4.79 Å². The second-order valence-corrected chi connectivity index (χ2v) is 6.33. The first-order valence-corrected chi connectivity index (χ1v) is 8.31. The van der Waals surface area contributed by atoms with Gasteiger partial charge in [0, 0.05) is 12.5 Å². The first kappa shape index (κ1) is 14.4. The molecule has 0 spiro atoms. The Bertz CT molecular complexity index is 808. The van der Waals surface area contributed by atoms with Gasteiger partial charge in [-0.1, -0.05) is 30.3 Å². The zero-order valence-corrected chi connectivity index (χ0v) is 13.4. The van der Waals surface area contributed by atoms with Crippen LogP contribution in [0.15, 0.2) is 46.8 Å². The van der Waals surface area contributed by atoms with Gasteiger partial charge in [0.25, 0.3) is 5.56 Å². The highest BCUT2D eigenvalue weighted by molar-refractivity contribution is 7.80. The fourth-order valence-corrected chi connectivity index (χ4v) is 3.70. The number of hydrogen-bond acceptors (Lipinski definition) is 4. The van der Waals surface area contributed by atoms with Crippen molar-refractivity contribution in [3.05, 3.63) is 63.5 Å². The van der Waals surface area contributed by atoms with E-state index in [0.717, 1.165) is 15.8 Å². The molecular weight excluding hydrogens is 300 g/mol. The Morgan fingerprint density at radius 2 is 2.10 bits per heavy atom. The molecule has 5 heteroatoms. The molecule has 0 N–H and O–H groups in total. The van der Waals surface area contributed by atoms with Crippen molar-refractivity contribution >= 4 is 34.2 Å². The molecule has 2 heterocycles. The molecule has 0 aliphatic carbocycles. The first-order valence-electron chi connectivity index (χ1n) is 6.79. The molecule has 3 nitrogen and oxygen atoms in total. The summed E-state index contributed by atoms with van der Waals surface area (Å²) in [7, 11) is 0. The van der Waals surface area contributed by atoms with Gasteiger partial charge in [0.1, 0.15) is 4.70 Å². The van der Waals surface area contributed by atoms with Gasteiger partial charge in [0.2, 0.25) is 0 Å². The molecule has 3 aromatic rings. The van der Waals surface area contributed by atoms with Crippen LogP contribution in [0, 0.1) is 6.92 Å². The average molecular weight is 316 g/mol. The Hall–Kier alpha value is -1.59. The van der Waals surface area contributed by atoms with Crippen molar-refractivity contribution in [2.45, 2.75) is 19.4 Å². The Labute approximate surface area is 132 Å². The van der Waals surface area contributed by atoms with E-state index in [1.807, 2.05) is 30.5 Å². The van der Waals surface area contributed by atoms with E-state index in [4.69, 9.17) is 0 Å². The van der Waals surface area contributed by atoms with Crippen LogP contribution < -0.4 is 5.56 Å².